The molecule has 0 radical (unpaired) electrons. The molecule has 0 fully saturated rings. The van der Waals surface area contributed by atoms with Crippen molar-refractivity contribution in [3.8, 4) is 17.0 Å². The van der Waals surface area contributed by atoms with Crippen molar-refractivity contribution >= 4 is 27.5 Å². The summed E-state index contributed by atoms with van der Waals surface area (Å²) < 4.78 is 6.17. The highest BCUT2D eigenvalue weighted by molar-refractivity contribution is 9.10. The summed E-state index contributed by atoms with van der Waals surface area (Å²) in [7, 11) is 1.73. The number of hydrogen-bond acceptors (Lipinski definition) is 4. The number of amides is 1. The second-order valence-corrected chi connectivity index (χ2v) is 5.27. The van der Waals surface area contributed by atoms with Crippen molar-refractivity contribution in [2.45, 2.75) is 6.54 Å². The lowest BCUT2D eigenvalue weighted by Gasteiger charge is -2.26. The number of fused-ring (bicyclic) bond motifs is 1. The van der Waals surface area contributed by atoms with E-state index in [-0.39, 0.29) is 12.5 Å². The standard InChI is InChI=1S/C13H13BrN4O2/c1-18-8-4-7(2-3-9(8)20-6-11(18)19)12-13(14)17-10(5-15)16-12/h2-4H,5-6,15H2,1H3,(H,16,17). The zero-order chi connectivity index (χ0) is 14.3. The van der Waals surface area contributed by atoms with Crippen molar-refractivity contribution in [3.63, 3.8) is 0 Å². The highest BCUT2D eigenvalue weighted by Crippen LogP contribution is 2.36. The van der Waals surface area contributed by atoms with Crippen LogP contribution in [-0.2, 0) is 11.3 Å². The van der Waals surface area contributed by atoms with E-state index in [1.807, 2.05) is 18.2 Å². The van der Waals surface area contributed by atoms with Crippen LogP contribution in [0.1, 0.15) is 5.82 Å². The SMILES string of the molecule is CN1C(=O)COc2ccc(-c3nc(CN)[nH]c3Br)cc21. The minimum atomic E-state index is -0.0709. The van der Waals surface area contributed by atoms with Gasteiger partial charge in [-0.05, 0) is 34.1 Å². The normalized spacial score (nSPS) is 14.2. The van der Waals surface area contributed by atoms with E-state index in [1.165, 1.54) is 0 Å². The molecule has 0 saturated heterocycles. The third-order valence-electron chi connectivity index (χ3n) is 3.22. The van der Waals surface area contributed by atoms with Crippen LogP contribution in [0.2, 0.25) is 0 Å². The zero-order valence-electron chi connectivity index (χ0n) is 10.8. The van der Waals surface area contributed by atoms with Crippen LogP contribution in [0.3, 0.4) is 0 Å². The van der Waals surface area contributed by atoms with Crippen molar-refractivity contribution < 1.29 is 9.53 Å². The van der Waals surface area contributed by atoms with Gasteiger partial charge in [-0.15, -0.1) is 0 Å². The number of halogens is 1. The lowest BCUT2D eigenvalue weighted by Crippen LogP contribution is -2.35. The molecule has 6 nitrogen and oxygen atoms in total. The van der Waals surface area contributed by atoms with Crippen LogP contribution in [0.25, 0.3) is 11.3 Å². The first-order valence-corrected chi connectivity index (χ1v) is 6.87. The second-order valence-electron chi connectivity index (χ2n) is 4.47. The highest BCUT2D eigenvalue weighted by Gasteiger charge is 2.23. The molecular weight excluding hydrogens is 324 g/mol. The van der Waals surface area contributed by atoms with Crippen molar-refractivity contribution in [2.24, 2.45) is 5.73 Å². The summed E-state index contributed by atoms with van der Waals surface area (Å²) in [4.78, 5) is 20.7. The average molecular weight is 337 g/mol. The van der Waals surface area contributed by atoms with Gasteiger partial charge >= 0.3 is 0 Å². The molecule has 1 amide bonds. The molecule has 1 aromatic heterocycles. The predicted molar refractivity (Wildman–Crippen MR) is 78.5 cm³/mol. The number of carbonyl (C=O) groups excluding carboxylic acids is 1. The number of ether oxygens (including phenoxy) is 1. The van der Waals surface area contributed by atoms with E-state index in [2.05, 4.69) is 25.9 Å². The summed E-state index contributed by atoms with van der Waals surface area (Å²) in [5.41, 5.74) is 7.96. The molecule has 1 aliphatic rings. The Bertz CT molecular complexity index is 683. The Kier molecular flexibility index (Phi) is 3.23. The number of nitrogens with zero attached hydrogens (tertiary/aromatic N) is 2. The second kappa shape index (κ2) is 4.92. The number of aromatic amines is 1. The van der Waals surface area contributed by atoms with Gasteiger partial charge in [0, 0.05) is 12.6 Å². The quantitative estimate of drug-likeness (QED) is 0.873. The first-order valence-electron chi connectivity index (χ1n) is 6.08. The van der Waals surface area contributed by atoms with E-state index in [9.17, 15) is 4.79 Å². The number of rotatable bonds is 2. The van der Waals surface area contributed by atoms with Crippen LogP contribution in [-0.4, -0.2) is 29.5 Å². The maximum Gasteiger partial charge on any atom is 0.264 e. The van der Waals surface area contributed by atoms with E-state index in [0.717, 1.165) is 21.5 Å². The minimum Gasteiger partial charge on any atom is -0.482 e. The van der Waals surface area contributed by atoms with E-state index < -0.39 is 0 Å². The molecule has 2 aromatic rings. The molecule has 0 aliphatic carbocycles. The predicted octanol–water partition coefficient (Wildman–Crippen LogP) is 1.65. The van der Waals surface area contributed by atoms with Gasteiger partial charge in [0.1, 0.15) is 21.9 Å². The van der Waals surface area contributed by atoms with Crippen molar-refractivity contribution in [1.82, 2.24) is 9.97 Å². The van der Waals surface area contributed by atoms with Crippen LogP contribution in [0.4, 0.5) is 5.69 Å². The fraction of sp³-hybridized carbons (Fsp3) is 0.231. The molecule has 0 atom stereocenters. The minimum absolute atomic E-state index is 0.0709. The highest BCUT2D eigenvalue weighted by atomic mass is 79.9. The van der Waals surface area contributed by atoms with Gasteiger partial charge in [0.05, 0.1) is 12.2 Å². The lowest BCUT2D eigenvalue weighted by atomic mass is 10.1. The van der Waals surface area contributed by atoms with Gasteiger partial charge < -0.3 is 20.4 Å². The molecule has 0 bridgehead atoms. The van der Waals surface area contributed by atoms with Crippen molar-refractivity contribution in [2.75, 3.05) is 18.6 Å². The van der Waals surface area contributed by atoms with E-state index >= 15 is 0 Å². The molecule has 3 rings (SSSR count). The topological polar surface area (TPSA) is 84.2 Å². The molecule has 7 heteroatoms. The number of hydrogen-bond donors (Lipinski definition) is 2. The lowest BCUT2D eigenvalue weighted by molar-refractivity contribution is -0.120. The van der Waals surface area contributed by atoms with Gasteiger partial charge in [-0.25, -0.2) is 4.98 Å². The monoisotopic (exact) mass is 336 g/mol. The zero-order valence-corrected chi connectivity index (χ0v) is 12.4. The number of nitrogens with two attached hydrogens (primary N) is 1. The molecule has 1 aromatic carbocycles. The Labute approximate surface area is 124 Å². The van der Waals surface area contributed by atoms with E-state index in [0.29, 0.717) is 18.1 Å². The number of carbonyl (C=O) groups is 1. The molecule has 1 aliphatic heterocycles. The number of likely N-dealkylation sites (N-methyl/N-ethyl adjacent to an activating group) is 1. The number of benzene rings is 1. The Hall–Kier alpha value is -1.86. The first kappa shape index (κ1) is 13.1. The van der Waals surface area contributed by atoms with Crippen molar-refractivity contribution in [1.29, 1.82) is 0 Å². The number of nitrogens with one attached hydrogen (secondary N) is 1. The largest absolute Gasteiger partial charge is 0.482 e. The summed E-state index contributed by atoms with van der Waals surface area (Å²) in [5.74, 6) is 1.32. The van der Waals surface area contributed by atoms with Crippen LogP contribution < -0.4 is 15.4 Å². The van der Waals surface area contributed by atoms with E-state index in [1.54, 1.807) is 11.9 Å². The molecule has 0 unspecified atom stereocenters. The molecule has 20 heavy (non-hydrogen) atoms. The molecular formula is C13H13BrN4O2. The van der Waals surface area contributed by atoms with Gasteiger partial charge in [0.15, 0.2) is 6.61 Å². The summed E-state index contributed by atoms with van der Waals surface area (Å²) in [6.07, 6.45) is 0. The van der Waals surface area contributed by atoms with Crippen LogP contribution >= 0.6 is 15.9 Å². The van der Waals surface area contributed by atoms with Crippen LogP contribution in [0.15, 0.2) is 22.8 Å². The Morgan fingerprint density at radius 3 is 3.05 bits per heavy atom. The Balaban J connectivity index is 2.07. The first-order chi connectivity index (χ1) is 9.60. The molecule has 3 N–H and O–H groups in total. The Morgan fingerprint density at radius 2 is 2.35 bits per heavy atom. The fourth-order valence-electron chi connectivity index (χ4n) is 2.11. The maximum atomic E-state index is 11.7. The molecule has 0 saturated carbocycles. The molecule has 0 spiro atoms. The maximum absolute atomic E-state index is 11.7. The van der Waals surface area contributed by atoms with E-state index in [4.69, 9.17) is 10.5 Å². The number of aromatic nitrogens is 2. The number of anilines is 1. The van der Waals surface area contributed by atoms with Crippen LogP contribution in [0.5, 0.6) is 5.75 Å². The average Bonchev–Trinajstić information content (AvgIpc) is 2.84. The van der Waals surface area contributed by atoms with Gasteiger partial charge in [-0.2, -0.15) is 0 Å². The van der Waals surface area contributed by atoms with Gasteiger partial charge in [-0.1, -0.05) is 0 Å². The molecule has 104 valence electrons. The summed E-state index contributed by atoms with van der Waals surface area (Å²) in [6, 6.07) is 5.63. The van der Waals surface area contributed by atoms with Gasteiger partial charge in [0.25, 0.3) is 5.91 Å². The fourth-order valence-corrected chi connectivity index (χ4v) is 2.65. The van der Waals surface area contributed by atoms with Gasteiger partial charge in [0.2, 0.25) is 0 Å². The third kappa shape index (κ3) is 2.08. The summed E-state index contributed by atoms with van der Waals surface area (Å²) in [6.45, 7) is 0.414. The third-order valence-corrected chi connectivity index (χ3v) is 3.79. The number of imidazole rings is 1. The van der Waals surface area contributed by atoms with Gasteiger partial charge in [-0.3, -0.25) is 4.79 Å². The number of H-pyrrole nitrogens is 1. The Morgan fingerprint density at radius 1 is 1.55 bits per heavy atom. The summed E-state index contributed by atoms with van der Waals surface area (Å²) in [5, 5.41) is 0. The van der Waals surface area contributed by atoms with Crippen molar-refractivity contribution in [3.05, 3.63) is 28.6 Å². The van der Waals surface area contributed by atoms with Crippen LogP contribution in [0, 0.1) is 0 Å². The smallest absolute Gasteiger partial charge is 0.264 e. The summed E-state index contributed by atoms with van der Waals surface area (Å²) >= 11 is 3.43. The molecule has 2 heterocycles.